The van der Waals surface area contributed by atoms with Crippen LogP contribution in [-0.4, -0.2) is 22.2 Å². The van der Waals surface area contributed by atoms with Gasteiger partial charge in [-0.1, -0.05) is 6.07 Å². The molecule has 5 nitrogen and oxygen atoms in total. The maximum absolute atomic E-state index is 12.1. The monoisotopic (exact) mass is 256 g/mol. The molecule has 0 radical (unpaired) electrons. The topological polar surface area (TPSA) is 59.0 Å². The smallest absolute Gasteiger partial charge is 0.258 e. The number of aromatic nitrogens is 2. The molecule has 1 aromatic carbocycles. The van der Waals surface area contributed by atoms with Gasteiger partial charge in [0.1, 0.15) is 0 Å². The molecule has 2 heterocycles. The molecule has 5 heteroatoms. The van der Waals surface area contributed by atoms with E-state index in [0.29, 0.717) is 5.56 Å². The number of anilines is 2. The van der Waals surface area contributed by atoms with Gasteiger partial charge in [-0.25, -0.2) is 0 Å². The Morgan fingerprint density at radius 2 is 2.37 bits per heavy atom. The number of amides is 1. The maximum atomic E-state index is 12.1. The van der Waals surface area contributed by atoms with Crippen molar-refractivity contribution in [1.82, 2.24) is 9.78 Å². The number of fused-ring (bicyclic) bond motifs is 1. The van der Waals surface area contributed by atoms with Gasteiger partial charge in [-0.15, -0.1) is 0 Å². The number of nitrogens with zero attached hydrogens (tertiary/aromatic N) is 2. The second-order valence-corrected chi connectivity index (χ2v) is 4.72. The van der Waals surface area contributed by atoms with Crippen molar-refractivity contribution in [3.8, 4) is 0 Å². The van der Waals surface area contributed by atoms with Gasteiger partial charge in [0.2, 0.25) is 0 Å². The highest BCUT2D eigenvalue weighted by atomic mass is 16.1. The van der Waals surface area contributed by atoms with Gasteiger partial charge in [0.25, 0.3) is 5.91 Å². The minimum atomic E-state index is -0.118. The van der Waals surface area contributed by atoms with Crippen molar-refractivity contribution in [2.45, 2.75) is 12.8 Å². The number of aryl methyl sites for hydroxylation is 1. The Bertz CT molecular complexity index is 618. The Balaban J connectivity index is 1.85. The zero-order valence-corrected chi connectivity index (χ0v) is 10.8. The van der Waals surface area contributed by atoms with E-state index in [4.69, 9.17) is 0 Å². The summed E-state index contributed by atoms with van der Waals surface area (Å²) in [5.74, 6) is -0.118. The summed E-state index contributed by atoms with van der Waals surface area (Å²) in [7, 11) is 1.80. The quantitative estimate of drug-likeness (QED) is 0.864. The lowest BCUT2D eigenvalue weighted by atomic mass is 10.0. The van der Waals surface area contributed by atoms with Gasteiger partial charge < -0.3 is 10.6 Å². The fraction of sp³-hybridized carbons (Fsp3) is 0.286. The summed E-state index contributed by atoms with van der Waals surface area (Å²) in [5, 5.41) is 10.3. The van der Waals surface area contributed by atoms with E-state index in [1.807, 2.05) is 18.2 Å². The highest BCUT2D eigenvalue weighted by Gasteiger charge is 2.15. The molecular formula is C14H16N4O. The summed E-state index contributed by atoms with van der Waals surface area (Å²) >= 11 is 0. The Labute approximate surface area is 111 Å². The van der Waals surface area contributed by atoms with Crippen molar-refractivity contribution in [1.29, 1.82) is 0 Å². The number of carbonyl (C=O) groups is 1. The predicted molar refractivity (Wildman–Crippen MR) is 74.4 cm³/mol. The molecule has 2 N–H and O–H groups in total. The Kier molecular flexibility index (Phi) is 2.95. The first kappa shape index (κ1) is 11.8. The van der Waals surface area contributed by atoms with Crippen molar-refractivity contribution >= 4 is 17.3 Å². The Morgan fingerprint density at radius 1 is 1.47 bits per heavy atom. The zero-order chi connectivity index (χ0) is 13.2. The van der Waals surface area contributed by atoms with Crippen LogP contribution in [-0.2, 0) is 13.5 Å². The standard InChI is InChI=1S/C14H16N4O/c1-18-9-10(8-16-18)14(19)17-13-6-2-5-12-11(13)4-3-7-15-12/h2,5-6,8-9,15H,3-4,7H2,1H3,(H,17,19). The molecule has 0 atom stereocenters. The van der Waals surface area contributed by atoms with Crippen molar-refractivity contribution in [2.75, 3.05) is 17.2 Å². The summed E-state index contributed by atoms with van der Waals surface area (Å²) < 4.78 is 1.62. The van der Waals surface area contributed by atoms with Crippen LogP contribution in [0.2, 0.25) is 0 Å². The minimum Gasteiger partial charge on any atom is -0.385 e. The number of hydrogen-bond donors (Lipinski definition) is 2. The fourth-order valence-corrected chi connectivity index (χ4v) is 2.36. The lowest BCUT2D eigenvalue weighted by Crippen LogP contribution is -2.17. The lowest BCUT2D eigenvalue weighted by Gasteiger charge is -2.21. The van der Waals surface area contributed by atoms with E-state index < -0.39 is 0 Å². The van der Waals surface area contributed by atoms with Crippen LogP contribution in [0.1, 0.15) is 22.3 Å². The van der Waals surface area contributed by atoms with Crippen molar-refractivity contribution in [3.05, 3.63) is 41.7 Å². The zero-order valence-electron chi connectivity index (χ0n) is 10.8. The van der Waals surface area contributed by atoms with Crippen molar-refractivity contribution in [2.24, 2.45) is 7.05 Å². The average molecular weight is 256 g/mol. The third kappa shape index (κ3) is 2.31. The van der Waals surface area contributed by atoms with Crippen molar-refractivity contribution in [3.63, 3.8) is 0 Å². The van der Waals surface area contributed by atoms with Crippen LogP contribution in [0.25, 0.3) is 0 Å². The Hall–Kier alpha value is -2.30. The minimum absolute atomic E-state index is 0.118. The van der Waals surface area contributed by atoms with E-state index in [1.165, 1.54) is 5.56 Å². The summed E-state index contributed by atoms with van der Waals surface area (Å²) in [6.07, 6.45) is 5.37. The van der Waals surface area contributed by atoms with Gasteiger partial charge >= 0.3 is 0 Å². The third-order valence-corrected chi connectivity index (χ3v) is 3.31. The lowest BCUT2D eigenvalue weighted by molar-refractivity contribution is 0.102. The number of carbonyl (C=O) groups excluding carboxylic acids is 1. The van der Waals surface area contributed by atoms with Gasteiger partial charge in [0, 0.05) is 31.2 Å². The van der Waals surface area contributed by atoms with Crippen molar-refractivity contribution < 1.29 is 4.79 Å². The van der Waals surface area contributed by atoms with Gasteiger partial charge in [0.05, 0.1) is 11.8 Å². The van der Waals surface area contributed by atoms with E-state index in [-0.39, 0.29) is 5.91 Å². The van der Waals surface area contributed by atoms with E-state index in [2.05, 4.69) is 15.7 Å². The van der Waals surface area contributed by atoms with E-state index in [1.54, 1.807) is 24.1 Å². The third-order valence-electron chi connectivity index (χ3n) is 3.31. The van der Waals surface area contributed by atoms with Crippen LogP contribution in [0.5, 0.6) is 0 Å². The Morgan fingerprint density at radius 3 is 3.16 bits per heavy atom. The molecule has 1 aromatic heterocycles. The number of nitrogens with one attached hydrogen (secondary N) is 2. The SMILES string of the molecule is Cn1cc(C(=O)Nc2cccc3c2CCCN3)cn1. The van der Waals surface area contributed by atoms with E-state index in [9.17, 15) is 4.79 Å². The first-order valence-corrected chi connectivity index (χ1v) is 6.40. The van der Waals surface area contributed by atoms with Crippen LogP contribution in [0, 0.1) is 0 Å². The summed E-state index contributed by atoms with van der Waals surface area (Å²) in [4.78, 5) is 12.1. The predicted octanol–water partition coefficient (Wildman–Crippen LogP) is 2.03. The molecule has 0 fully saturated rings. The van der Waals surface area contributed by atoms with Gasteiger partial charge in [-0.3, -0.25) is 9.48 Å². The molecule has 2 aromatic rings. The molecule has 0 saturated heterocycles. The summed E-state index contributed by atoms with van der Waals surface area (Å²) in [6.45, 7) is 0.993. The molecule has 1 aliphatic rings. The first-order valence-electron chi connectivity index (χ1n) is 6.40. The number of benzene rings is 1. The largest absolute Gasteiger partial charge is 0.385 e. The summed E-state index contributed by atoms with van der Waals surface area (Å²) in [5.41, 5.74) is 3.77. The number of rotatable bonds is 2. The molecule has 0 bridgehead atoms. The van der Waals surface area contributed by atoms with Gasteiger partial charge in [-0.05, 0) is 30.5 Å². The molecule has 3 rings (SSSR count). The van der Waals surface area contributed by atoms with E-state index >= 15 is 0 Å². The highest BCUT2D eigenvalue weighted by Crippen LogP contribution is 2.29. The highest BCUT2D eigenvalue weighted by molar-refractivity contribution is 6.04. The van der Waals surface area contributed by atoms with Crippen LogP contribution in [0.4, 0.5) is 11.4 Å². The molecule has 1 aliphatic heterocycles. The molecule has 1 amide bonds. The fourth-order valence-electron chi connectivity index (χ4n) is 2.36. The molecule has 0 unspecified atom stereocenters. The van der Waals surface area contributed by atoms with Crippen LogP contribution in [0.3, 0.4) is 0 Å². The second-order valence-electron chi connectivity index (χ2n) is 4.72. The first-order chi connectivity index (χ1) is 9.24. The molecule has 98 valence electrons. The molecular weight excluding hydrogens is 240 g/mol. The average Bonchev–Trinajstić information content (AvgIpc) is 2.86. The van der Waals surface area contributed by atoms with E-state index in [0.717, 1.165) is 30.8 Å². The molecule has 0 spiro atoms. The van der Waals surface area contributed by atoms with Crippen LogP contribution in [0.15, 0.2) is 30.6 Å². The van der Waals surface area contributed by atoms with Gasteiger partial charge in [0.15, 0.2) is 0 Å². The van der Waals surface area contributed by atoms with Crippen LogP contribution >= 0.6 is 0 Å². The van der Waals surface area contributed by atoms with Crippen LogP contribution < -0.4 is 10.6 Å². The maximum Gasteiger partial charge on any atom is 0.258 e. The summed E-state index contributed by atoms with van der Waals surface area (Å²) in [6, 6.07) is 5.95. The molecule has 19 heavy (non-hydrogen) atoms. The number of hydrogen-bond acceptors (Lipinski definition) is 3. The second kappa shape index (κ2) is 4.76. The molecule has 0 saturated carbocycles. The normalized spacial score (nSPS) is 13.5. The molecule has 0 aliphatic carbocycles. The van der Waals surface area contributed by atoms with Gasteiger partial charge in [-0.2, -0.15) is 5.10 Å².